The van der Waals surface area contributed by atoms with Gasteiger partial charge in [-0.25, -0.2) is 9.97 Å². The van der Waals surface area contributed by atoms with Gasteiger partial charge in [0.15, 0.2) is 0 Å². The molecule has 0 radical (unpaired) electrons. The fourth-order valence-electron chi connectivity index (χ4n) is 1.65. The Hall–Kier alpha value is -2.23. The molecule has 0 saturated carbocycles. The van der Waals surface area contributed by atoms with E-state index in [9.17, 15) is 4.79 Å². The predicted octanol–water partition coefficient (Wildman–Crippen LogP) is 2.33. The lowest BCUT2D eigenvalue weighted by Gasteiger charge is -2.06. The second kappa shape index (κ2) is 4.96. The molecule has 4 heteroatoms. The van der Waals surface area contributed by atoms with Crippen LogP contribution in [0.15, 0.2) is 30.6 Å². The van der Waals surface area contributed by atoms with Crippen molar-refractivity contribution in [1.29, 1.82) is 0 Å². The summed E-state index contributed by atoms with van der Waals surface area (Å²) in [5.41, 5.74) is 2.38. The van der Waals surface area contributed by atoms with Crippen molar-refractivity contribution in [2.75, 3.05) is 7.11 Å². The summed E-state index contributed by atoms with van der Waals surface area (Å²) in [5, 5.41) is 0. The first-order valence-electron chi connectivity index (χ1n) is 5.60. The number of carbonyl (C=O) groups is 1. The number of hydrogen-bond donors (Lipinski definition) is 0. The lowest BCUT2D eigenvalue weighted by molar-refractivity contribution is 0.102. The molecular weight excluding hydrogens is 228 g/mol. The van der Waals surface area contributed by atoms with E-state index in [1.54, 1.807) is 31.6 Å². The van der Waals surface area contributed by atoms with Crippen molar-refractivity contribution in [2.24, 2.45) is 0 Å². The van der Waals surface area contributed by atoms with Crippen LogP contribution in [0, 0.1) is 13.8 Å². The molecule has 2 rings (SSSR count). The number of nitrogens with zero attached hydrogens (tertiary/aromatic N) is 2. The van der Waals surface area contributed by atoms with Gasteiger partial charge in [0.1, 0.15) is 5.75 Å². The fraction of sp³-hybridized carbons (Fsp3) is 0.214. The summed E-state index contributed by atoms with van der Waals surface area (Å²) in [5.74, 6) is 0.776. The third kappa shape index (κ3) is 2.37. The highest BCUT2D eigenvalue weighted by molar-refractivity contribution is 6.07. The Kier molecular flexibility index (Phi) is 3.37. The molecule has 18 heavy (non-hydrogen) atoms. The molecule has 1 heterocycles. The number of benzene rings is 1. The lowest BCUT2D eigenvalue weighted by Crippen LogP contribution is -2.08. The number of ketones is 1. The van der Waals surface area contributed by atoms with Gasteiger partial charge in [0.05, 0.1) is 7.11 Å². The number of methoxy groups -OCH3 is 1. The molecule has 1 aromatic heterocycles. The van der Waals surface area contributed by atoms with Crippen molar-refractivity contribution in [2.45, 2.75) is 13.8 Å². The van der Waals surface area contributed by atoms with Crippen LogP contribution in [0.5, 0.6) is 5.75 Å². The molecule has 0 aliphatic heterocycles. The minimum Gasteiger partial charge on any atom is -0.497 e. The maximum atomic E-state index is 12.2. The maximum absolute atomic E-state index is 12.2. The Labute approximate surface area is 106 Å². The lowest BCUT2D eigenvalue weighted by atomic mass is 10.0. The Morgan fingerprint density at radius 1 is 1.17 bits per heavy atom. The molecule has 0 aliphatic rings. The number of carbonyl (C=O) groups excluding carboxylic acids is 1. The van der Waals surface area contributed by atoms with Crippen LogP contribution in [-0.4, -0.2) is 22.9 Å². The van der Waals surface area contributed by atoms with Gasteiger partial charge in [-0.15, -0.1) is 0 Å². The first-order valence-corrected chi connectivity index (χ1v) is 5.60. The summed E-state index contributed by atoms with van der Waals surface area (Å²) in [7, 11) is 1.60. The van der Waals surface area contributed by atoms with E-state index in [4.69, 9.17) is 4.74 Å². The van der Waals surface area contributed by atoms with Crippen LogP contribution in [-0.2, 0) is 0 Å². The maximum Gasteiger partial charge on any atom is 0.230 e. The number of rotatable bonds is 3. The van der Waals surface area contributed by atoms with Crippen molar-refractivity contribution in [1.82, 2.24) is 9.97 Å². The molecule has 0 fully saturated rings. The van der Waals surface area contributed by atoms with Gasteiger partial charge in [-0.3, -0.25) is 4.79 Å². The normalized spacial score (nSPS) is 10.2. The van der Waals surface area contributed by atoms with E-state index in [-0.39, 0.29) is 11.6 Å². The zero-order valence-corrected chi connectivity index (χ0v) is 10.6. The van der Waals surface area contributed by atoms with Gasteiger partial charge >= 0.3 is 0 Å². The highest BCUT2D eigenvalue weighted by Crippen LogP contribution is 2.18. The average Bonchev–Trinajstić information content (AvgIpc) is 2.38. The van der Waals surface area contributed by atoms with E-state index in [0.717, 1.165) is 16.9 Å². The largest absolute Gasteiger partial charge is 0.497 e. The topological polar surface area (TPSA) is 52.1 Å². The first kappa shape index (κ1) is 12.2. The van der Waals surface area contributed by atoms with Crippen molar-refractivity contribution in [3.63, 3.8) is 0 Å². The van der Waals surface area contributed by atoms with E-state index in [1.807, 2.05) is 19.9 Å². The molecule has 0 spiro atoms. The second-order valence-corrected chi connectivity index (χ2v) is 4.09. The first-order chi connectivity index (χ1) is 8.61. The fourth-order valence-corrected chi connectivity index (χ4v) is 1.65. The summed E-state index contributed by atoms with van der Waals surface area (Å²) in [4.78, 5) is 20.3. The number of hydrogen-bond acceptors (Lipinski definition) is 4. The van der Waals surface area contributed by atoms with Gasteiger partial charge in [-0.05, 0) is 43.2 Å². The zero-order valence-electron chi connectivity index (χ0n) is 10.6. The second-order valence-electron chi connectivity index (χ2n) is 4.09. The summed E-state index contributed by atoms with van der Waals surface area (Å²) in [6.07, 6.45) is 3.28. The molecule has 0 unspecified atom stereocenters. The molecule has 0 bridgehead atoms. The van der Waals surface area contributed by atoms with Gasteiger partial charge in [0, 0.05) is 18.0 Å². The molecule has 0 saturated heterocycles. The summed E-state index contributed by atoms with van der Waals surface area (Å²) >= 11 is 0. The Bertz CT molecular complexity index is 577. The highest BCUT2D eigenvalue weighted by atomic mass is 16.5. The molecule has 2 aromatic rings. The zero-order chi connectivity index (χ0) is 13.1. The van der Waals surface area contributed by atoms with Crippen LogP contribution >= 0.6 is 0 Å². The van der Waals surface area contributed by atoms with Crippen LogP contribution < -0.4 is 4.74 Å². The van der Waals surface area contributed by atoms with Crippen LogP contribution in [0.3, 0.4) is 0 Å². The summed E-state index contributed by atoms with van der Waals surface area (Å²) in [6.45, 7) is 3.75. The monoisotopic (exact) mass is 242 g/mol. The average molecular weight is 242 g/mol. The number of ether oxygens (including phenoxy) is 1. The SMILES string of the molecule is COc1ccc(C(=O)c2ncc(C)cn2)c(C)c1. The van der Waals surface area contributed by atoms with Crippen molar-refractivity contribution in [3.05, 3.63) is 53.1 Å². The third-order valence-electron chi connectivity index (χ3n) is 2.66. The molecular formula is C14H14N2O2. The van der Waals surface area contributed by atoms with Gasteiger partial charge in [0.2, 0.25) is 11.6 Å². The van der Waals surface area contributed by atoms with Crippen LogP contribution in [0.2, 0.25) is 0 Å². The molecule has 0 N–H and O–H groups in total. The van der Waals surface area contributed by atoms with Gasteiger partial charge in [0.25, 0.3) is 0 Å². The van der Waals surface area contributed by atoms with E-state index in [1.165, 1.54) is 0 Å². The van der Waals surface area contributed by atoms with Crippen LogP contribution in [0.4, 0.5) is 0 Å². The Balaban J connectivity index is 2.37. The van der Waals surface area contributed by atoms with Crippen molar-refractivity contribution < 1.29 is 9.53 Å². The van der Waals surface area contributed by atoms with Gasteiger partial charge in [-0.1, -0.05) is 0 Å². The summed E-state index contributed by atoms with van der Waals surface area (Å²) < 4.78 is 5.11. The quantitative estimate of drug-likeness (QED) is 0.775. The van der Waals surface area contributed by atoms with E-state index < -0.39 is 0 Å². The van der Waals surface area contributed by atoms with Crippen molar-refractivity contribution >= 4 is 5.78 Å². The minimum atomic E-state index is -0.171. The Morgan fingerprint density at radius 3 is 2.39 bits per heavy atom. The Morgan fingerprint density at radius 2 is 1.83 bits per heavy atom. The van der Waals surface area contributed by atoms with E-state index in [0.29, 0.717) is 5.56 Å². The standard InChI is InChI=1S/C14H14N2O2/c1-9-7-15-14(16-8-9)13(17)12-5-4-11(18-3)6-10(12)2/h4-8H,1-3H3. The number of aromatic nitrogens is 2. The van der Waals surface area contributed by atoms with E-state index in [2.05, 4.69) is 9.97 Å². The van der Waals surface area contributed by atoms with Crippen LogP contribution in [0.25, 0.3) is 0 Å². The van der Waals surface area contributed by atoms with Gasteiger partial charge < -0.3 is 4.74 Å². The molecule has 1 aromatic carbocycles. The summed E-state index contributed by atoms with van der Waals surface area (Å²) in [6, 6.07) is 5.32. The molecule has 4 nitrogen and oxygen atoms in total. The molecule has 0 aliphatic carbocycles. The highest BCUT2D eigenvalue weighted by Gasteiger charge is 2.14. The van der Waals surface area contributed by atoms with Crippen molar-refractivity contribution in [3.8, 4) is 5.75 Å². The minimum absolute atomic E-state index is 0.171. The predicted molar refractivity (Wildman–Crippen MR) is 67.9 cm³/mol. The number of aryl methyl sites for hydroxylation is 2. The van der Waals surface area contributed by atoms with E-state index >= 15 is 0 Å². The van der Waals surface area contributed by atoms with Gasteiger partial charge in [-0.2, -0.15) is 0 Å². The smallest absolute Gasteiger partial charge is 0.230 e. The van der Waals surface area contributed by atoms with Crippen LogP contribution in [0.1, 0.15) is 27.3 Å². The third-order valence-corrected chi connectivity index (χ3v) is 2.66. The molecule has 0 amide bonds. The molecule has 92 valence electrons. The molecule has 0 atom stereocenters.